The largest absolute Gasteiger partial charge is 0.453 e. The number of carbonyl (C=O) groups is 1. The Morgan fingerprint density at radius 1 is 1.58 bits per heavy atom. The number of methoxy groups -OCH3 is 1. The van der Waals surface area contributed by atoms with E-state index in [1.165, 1.54) is 7.11 Å². The van der Waals surface area contributed by atoms with Crippen molar-refractivity contribution in [1.29, 1.82) is 0 Å². The molecule has 4 nitrogen and oxygen atoms in total. The van der Waals surface area contributed by atoms with Gasteiger partial charge in [-0.25, -0.2) is 4.79 Å². The maximum absolute atomic E-state index is 10.7. The van der Waals surface area contributed by atoms with Crippen molar-refractivity contribution in [2.75, 3.05) is 13.7 Å². The van der Waals surface area contributed by atoms with Gasteiger partial charge < -0.3 is 15.2 Å². The van der Waals surface area contributed by atoms with Gasteiger partial charge in [-0.2, -0.15) is 0 Å². The molecular formula is C8H15NO3. The number of aliphatic hydroxyl groups is 1. The van der Waals surface area contributed by atoms with Crippen LogP contribution in [0.2, 0.25) is 0 Å². The highest BCUT2D eigenvalue weighted by Crippen LogP contribution is 2.28. The fourth-order valence-corrected chi connectivity index (χ4v) is 1.52. The first-order chi connectivity index (χ1) is 5.66. The average molecular weight is 173 g/mol. The SMILES string of the molecule is COC(=O)NCC1(O)CCCC1. The molecule has 1 amide bonds. The van der Waals surface area contributed by atoms with Crippen molar-refractivity contribution in [2.24, 2.45) is 0 Å². The molecule has 1 rings (SSSR count). The van der Waals surface area contributed by atoms with Crippen molar-refractivity contribution < 1.29 is 14.6 Å². The average Bonchev–Trinajstić information content (AvgIpc) is 2.49. The second-order valence-electron chi connectivity index (χ2n) is 3.28. The Kier molecular flexibility index (Phi) is 2.92. The number of hydrogen-bond donors (Lipinski definition) is 2. The molecule has 0 aliphatic heterocycles. The Bertz CT molecular complexity index is 164. The van der Waals surface area contributed by atoms with Crippen LogP contribution in [0.25, 0.3) is 0 Å². The van der Waals surface area contributed by atoms with E-state index in [4.69, 9.17) is 0 Å². The lowest BCUT2D eigenvalue weighted by Crippen LogP contribution is -2.40. The minimum atomic E-state index is -0.686. The Hall–Kier alpha value is -0.770. The molecule has 0 aromatic carbocycles. The van der Waals surface area contributed by atoms with Crippen LogP contribution in [0.5, 0.6) is 0 Å². The van der Waals surface area contributed by atoms with Crippen molar-refractivity contribution in [3.63, 3.8) is 0 Å². The molecule has 4 heteroatoms. The van der Waals surface area contributed by atoms with Gasteiger partial charge in [-0.05, 0) is 12.8 Å². The van der Waals surface area contributed by atoms with Gasteiger partial charge in [0, 0.05) is 6.54 Å². The Morgan fingerprint density at radius 3 is 2.67 bits per heavy atom. The number of rotatable bonds is 2. The topological polar surface area (TPSA) is 58.6 Å². The summed E-state index contributed by atoms with van der Waals surface area (Å²) in [6.45, 7) is 0.305. The maximum atomic E-state index is 10.7. The predicted octanol–water partition coefficient (Wildman–Crippen LogP) is 0.647. The summed E-state index contributed by atoms with van der Waals surface area (Å²) < 4.78 is 4.39. The fraction of sp³-hybridized carbons (Fsp3) is 0.875. The summed E-state index contributed by atoms with van der Waals surface area (Å²) in [4.78, 5) is 10.7. The molecule has 12 heavy (non-hydrogen) atoms. The zero-order chi connectivity index (χ0) is 9.03. The van der Waals surface area contributed by atoms with Gasteiger partial charge in [0.25, 0.3) is 0 Å². The van der Waals surface area contributed by atoms with Crippen molar-refractivity contribution in [2.45, 2.75) is 31.3 Å². The molecule has 1 fully saturated rings. The van der Waals surface area contributed by atoms with Crippen LogP contribution in [0.3, 0.4) is 0 Å². The fourth-order valence-electron chi connectivity index (χ4n) is 1.52. The lowest BCUT2D eigenvalue weighted by atomic mass is 10.0. The number of amides is 1. The summed E-state index contributed by atoms with van der Waals surface area (Å²) in [5.41, 5.74) is -0.686. The maximum Gasteiger partial charge on any atom is 0.406 e. The number of nitrogens with one attached hydrogen (secondary N) is 1. The molecule has 1 saturated carbocycles. The summed E-state index contributed by atoms with van der Waals surface area (Å²) >= 11 is 0. The van der Waals surface area contributed by atoms with Crippen LogP contribution in [-0.4, -0.2) is 30.5 Å². The third-order valence-electron chi connectivity index (χ3n) is 2.28. The normalized spacial score (nSPS) is 20.5. The van der Waals surface area contributed by atoms with E-state index in [9.17, 15) is 9.90 Å². The van der Waals surface area contributed by atoms with E-state index >= 15 is 0 Å². The van der Waals surface area contributed by atoms with E-state index in [-0.39, 0.29) is 0 Å². The van der Waals surface area contributed by atoms with Gasteiger partial charge in [-0.3, -0.25) is 0 Å². The van der Waals surface area contributed by atoms with Crippen LogP contribution in [0.4, 0.5) is 4.79 Å². The summed E-state index contributed by atoms with van der Waals surface area (Å²) in [6.07, 6.45) is 3.16. The third-order valence-corrected chi connectivity index (χ3v) is 2.28. The van der Waals surface area contributed by atoms with Crippen molar-refractivity contribution >= 4 is 6.09 Å². The van der Waals surface area contributed by atoms with Gasteiger partial charge in [0.15, 0.2) is 0 Å². The Balaban J connectivity index is 2.25. The third kappa shape index (κ3) is 2.37. The number of alkyl carbamates (subject to hydrolysis) is 1. The lowest BCUT2D eigenvalue weighted by molar-refractivity contribution is 0.0466. The predicted molar refractivity (Wildman–Crippen MR) is 43.8 cm³/mol. The first-order valence-corrected chi connectivity index (χ1v) is 4.20. The number of ether oxygens (including phenoxy) is 1. The zero-order valence-electron chi connectivity index (χ0n) is 7.30. The molecule has 1 aliphatic rings. The molecule has 70 valence electrons. The highest BCUT2D eigenvalue weighted by atomic mass is 16.5. The first kappa shape index (κ1) is 9.32. The standard InChI is InChI=1S/C8H15NO3/c1-12-7(10)9-6-8(11)4-2-3-5-8/h11H,2-6H2,1H3,(H,9,10). The van der Waals surface area contributed by atoms with Crippen LogP contribution in [0.1, 0.15) is 25.7 Å². The van der Waals surface area contributed by atoms with Crippen LogP contribution in [0.15, 0.2) is 0 Å². The molecule has 0 aromatic rings. The van der Waals surface area contributed by atoms with E-state index in [2.05, 4.69) is 10.1 Å². The molecule has 0 spiro atoms. The molecule has 0 aromatic heterocycles. The molecule has 2 N–H and O–H groups in total. The van der Waals surface area contributed by atoms with E-state index in [0.717, 1.165) is 25.7 Å². The highest BCUT2D eigenvalue weighted by molar-refractivity contribution is 5.66. The second kappa shape index (κ2) is 3.76. The lowest BCUT2D eigenvalue weighted by Gasteiger charge is -2.21. The van der Waals surface area contributed by atoms with Crippen LogP contribution < -0.4 is 5.32 Å². The van der Waals surface area contributed by atoms with Crippen molar-refractivity contribution in [1.82, 2.24) is 5.32 Å². The molecular weight excluding hydrogens is 158 g/mol. The first-order valence-electron chi connectivity index (χ1n) is 4.20. The van der Waals surface area contributed by atoms with E-state index < -0.39 is 11.7 Å². The van der Waals surface area contributed by atoms with Crippen molar-refractivity contribution in [3.05, 3.63) is 0 Å². The van der Waals surface area contributed by atoms with Gasteiger partial charge in [-0.1, -0.05) is 12.8 Å². The van der Waals surface area contributed by atoms with Crippen LogP contribution in [0, 0.1) is 0 Å². The van der Waals surface area contributed by atoms with Crippen LogP contribution in [-0.2, 0) is 4.74 Å². The molecule has 0 heterocycles. The molecule has 0 unspecified atom stereocenters. The number of hydrogen-bond acceptors (Lipinski definition) is 3. The van der Waals surface area contributed by atoms with Gasteiger partial charge in [0.2, 0.25) is 0 Å². The summed E-state index contributed by atoms with van der Waals surface area (Å²) in [6, 6.07) is 0. The van der Waals surface area contributed by atoms with Gasteiger partial charge in [0.1, 0.15) is 0 Å². The molecule has 0 bridgehead atoms. The van der Waals surface area contributed by atoms with Gasteiger partial charge in [0.05, 0.1) is 12.7 Å². The van der Waals surface area contributed by atoms with Gasteiger partial charge in [-0.15, -0.1) is 0 Å². The quantitative estimate of drug-likeness (QED) is 0.644. The monoisotopic (exact) mass is 173 g/mol. The highest BCUT2D eigenvalue weighted by Gasteiger charge is 2.31. The number of carbonyl (C=O) groups excluding carboxylic acids is 1. The summed E-state index contributed by atoms with van der Waals surface area (Å²) in [7, 11) is 1.31. The smallest absolute Gasteiger partial charge is 0.406 e. The summed E-state index contributed by atoms with van der Waals surface area (Å²) in [5.74, 6) is 0. The van der Waals surface area contributed by atoms with E-state index in [0.29, 0.717) is 6.54 Å². The molecule has 0 saturated heterocycles. The van der Waals surface area contributed by atoms with E-state index in [1.807, 2.05) is 0 Å². The minimum Gasteiger partial charge on any atom is -0.453 e. The molecule has 0 radical (unpaired) electrons. The second-order valence-corrected chi connectivity index (χ2v) is 3.28. The zero-order valence-corrected chi connectivity index (χ0v) is 7.30. The Morgan fingerprint density at radius 2 is 2.17 bits per heavy atom. The Labute approximate surface area is 71.9 Å². The van der Waals surface area contributed by atoms with E-state index in [1.54, 1.807) is 0 Å². The molecule has 0 atom stereocenters. The van der Waals surface area contributed by atoms with Crippen LogP contribution >= 0.6 is 0 Å². The van der Waals surface area contributed by atoms with Crippen molar-refractivity contribution in [3.8, 4) is 0 Å². The summed E-state index contributed by atoms with van der Waals surface area (Å²) in [5, 5.41) is 12.3. The minimum absolute atomic E-state index is 0.305. The van der Waals surface area contributed by atoms with Gasteiger partial charge >= 0.3 is 6.09 Å². The molecule has 1 aliphatic carbocycles.